The third-order valence-electron chi connectivity index (χ3n) is 3.03. The Bertz CT molecular complexity index is 723. The molecule has 2 aromatic rings. The number of benzene rings is 1. The Morgan fingerprint density at radius 2 is 2.08 bits per heavy atom. The summed E-state index contributed by atoms with van der Waals surface area (Å²) in [6.45, 7) is 2.30. The predicted molar refractivity (Wildman–Crippen MR) is 100 cm³/mol. The van der Waals surface area contributed by atoms with Crippen molar-refractivity contribution >= 4 is 45.2 Å². The van der Waals surface area contributed by atoms with Crippen LogP contribution in [0.15, 0.2) is 33.3 Å². The first-order valence-electron chi connectivity index (χ1n) is 7.72. The van der Waals surface area contributed by atoms with E-state index >= 15 is 0 Å². The lowest BCUT2D eigenvalue weighted by Crippen LogP contribution is -2.27. The van der Waals surface area contributed by atoms with Crippen LogP contribution in [0.4, 0.5) is 5.69 Å². The molecule has 0 saturated heterocycles. The molecule has 9 heteroatoms. The van der Waals surface area contributed by atoms with E-state index in [2.05, 4.69) is 36.7 Å². The third-order valence-corrected chi connectivity index (χ3v) is 4.46. The van der Waals surface area contributed by atoms with Gasteiger partial charge in [0.1, 0.15) is 0 Å². The van der Waals surface area contributed by atoms with Crippen molar-refractivity contribution in [2.24, 2.45) is 0 Å². The molecule has 1 aromatic heterocycles. The quantitative estimate of drug-likeness (QED) is 0.597. The molecule has 1 aromatic carbocycles. The number of anilines is 1. The zero-order chi connectivity index (χ0) is 18.1. The molecule has 0 atom stereocenters. The summed E-state index contributed by atoms with van der Waals surface area (Å²) >= 11 is 4.62. The second-order valence-corrected chi connectivity index (χ2v) is 7.14. The van der Waals surface area contributed by atoms with Crippen LogP contribution >= 0.6 is 27.7 Å². The van der Waals surface area contributed by atoms with Crippen molar-refractivity contribution in [3.63, 3.8) is 0 Å². The van der Waals surface area contributed by atoms with Gasteiger partial charge in [-0.25, -0.2) is 0 Å². The van der Waals surface area contributed by atoms with E-state index in [0.29, 0.717) is 24.7 Å². The number of thioether (sulfide) groups is 1. The zero-order valence-electron chi connectivity index (χ0n) is 13.8. The minimum Gasteiger partial charge on any atom is -0.355 e. The van der Waals surface area contributed by atoms with Gasteiger partial charge in [-0.15, -0.1) is 11.8 Å². The van der Waals surface area contributed by atoms with E-state index in [0.717, 1.165) is 16.6 Å². The maximum absolute atomic E-state index is 11.8. The third kappa shape index (κ3) is 7.70. The Morgan fingerprint density at radius 3 is 2.80 bits per heavy atom. The number of halogens is 1. The molecule has 2 amide bonds. The summed E-state index contributed by atoms with van der Waals surface area (Å²) in [5.41, 5.74) is 0.723. The Morgan fingerprint density at radius 1 is 1.28 bits per heavy atom. The normalized spacial score (nSPS) is 10.5. The van der Waals surface area contributed by atoms with Gasteiger partial charge in [0.25, 0.3) is 0 Å². The van der Waals surface area contributed by atoms with Crippen LogP contribution in [-0.2, 0) is 16.0 Å². The number of nitrogens with zero attached hydrogens (tertiary/aromatic N) is 2. The lowest BCUT2D eigenvalue weighted by Gasteiger charge is -2.06. The molecule has 0 radical (unpaired) electrons. The van der Waals surface area contributed by atoms with Crippen molar-refractivity contribution in [2.45, 2.75) is 19.8 Å². The van der Waals surface area contributed by atoms with Gasteiger partial charge in [-0.1, -0.05) is 27.2 Å². The number of hydrogen-bond donors (Lipinski definition) is 2. The summed E-state index contributed by atoms with van der Waals surface area (Å²) in [6, 6.07) is 7.36. The Kier molecular flexibility index (Phi) is 7.93. The molecular weight excluding hydrogens is 408 g/mol. The fourth-order valence-electron chi connectivity index (χ4n) is 1.96. The predicted octanol–water partition coefficient (Wildman–Crippen LogP) is 2.56. The summed E-state index contributed by atoms with van der Waals surface area (Å²) in [6.07, 6.45) is 1.35. The molecule has 2 N–H and O–H groups in total. The minimum atomic E-state index is -0.136. The van der Waals surface area contributed by atoms with Gasteiger partial charge < -0.3 is 15.2 Å². The molecule has 0 spiro atoms. The summed E-state index contributed by atoms with van der Waals surface area (Å²) < 4.78 is 5.89. The largest absolute Gasteiger partial charge is 0.355 e. The molecule has 0 fully saturated rings. The molecule has 1 heterocycles. The number of carbonyl (C=O) groups excluding carboxylic acids is 2. The van der Waals surface area contributed by atoms with Crippen LogP contribution in [0.1, 0.15) is 18.1 Å². The van der Waals surface area contributed by atoms with Crippen LogP contribution in [0, 0.1) is 6.92 Å². The van der Waals surface area contributed by atoms with E-state index in [1.807, 2.05) is 24.3 Å². The maximum atomic E-state index is 11.8. The number of aryl methyl sites for hydroxylation is 2. The maximum Gasteiger partial charge on any atom is 0.234 e. The highest BCUT2D eigenvalue weighted by molar-refractivity contribution is 9.10. The SMILES string of the molecule is Cc1noc(CCCNC(=O)CSCC(=O)Nc2cccc(Br)c2)n1. The second kappa shape index (κ2) is 10.2. The Balaban J connectivity index is 1.54. The van der Waals surface area contributed by atoms with Crippen molar-refractivity contribution in [1.82, 2.24) is 15.5 Å². The van der Waals surface area contributed by atoms with E-state index in [-0.39, 0.29) is 23.3 Å². The van der Waals surface area contributed by atoms with E-state index in [9.17, 15) is 9.59 Å². The molecule has 2 rings (SSSR count). The van der Waals surface area contributed by atoms with Crippen molar-refractivity contribution in [3.8, 4) is 0 Å². The molecule has 25 heavy (non-hydrogen) atoms. The number of nitrogens with one attached hydrogen (secondary N) is 2. The lowest BCUT2D eigenvalue weighted by atomic mass is 10.3. The number of aromatic nitrogens is 2. The summed E-state index contributed by atoms with van der Waals surface area (Å²) in [4.78, 5) is 27.6. The fourth-order valence-corrected chi connectivity index (χ4v) is 3.01. The standard InChI is InChI=1S/C16H19BrN4O3S/c1-11-19-16(24-21-11)6-3-7-18-14(22)9-25-10-15(23)20-13-5-2-4-12(17)8-13/h2,4-5,8H,3,6-7,9-10H2,1H3,(H,18,22)(H,20,23). The smallest absolute Gasteiger partial charge is 0.234 e. The highest BCUT2D eigenvalue weighted by Gasteiger charge is 2.07. The molecule has 134 valence electrons. The first-order chi connectivity index (χ1) is 12.0. The van der Waals surface area contributed by atoms with Crippen molar-refractivity contribution in [3.05, 3.63) is 40.5 Å². The van der Waals surface area contributed by atoms with Gasteiger partial charge in [0.05, 0.1) is 11.5 Å². The number of rotatable bonds is 9. The van der Waals surface area contributed by atoms with Gasteiger partial charge in [0.2, 0.25) is 17.7 Å². The van der Waals surface area contributed by atoms with Crippen LogP contribution in [0.2, 0.25) is 0 Å². The van der Waals surface area contributed by atoms with E-state index in [1.54, 1.807) is 6.92 Å². The Hall–Kier alpha value is -1.87. The van der Waals surface area contributed by atoms with Crippen LogP contribution in [0.3, 0.4) is 0 Å². The van der Waals surface area contributed by atoms with Gasteiger partial charge in [-0.3, -0.25) is 9.59 Å². The monoisotopic (exact) mass is 426 g/mol. The van der Waals surface area contributed by atoms with Crippen LogP contribution in [-0.4, -0.2) is 40.0 Å². The summed E-state index contributed by atoms with van der Waals surface area (Å²) in [5, 5.41) is 9.29. The number of carbonyl (C=O) groups is 2. The molecular formula is C16H19BrN4O3S. The molecule has 0 aliphatic heterocycles. The van der Waals surface area contributed by atoms with Crippen LogP contribution in [0.5, 0.6) is 0 Å². The molecule has 0 unspecified atom stereocenters. The highest BCUT2D eigenvalue weighted by Crippen LogP contribution is 2.15. The lowest BCUT2D eigenvalue weighted by molar-refractivity contribution is -0.118. The Labute approximate surface area is 158 Å². The van der Waals surface area contributed by atoms with E-state index in [1.165, 1.54) is 11.8 Å². The topological polar surface area (TPSA) is 97.1 Å². The highest BCUT2D eigenvalue weighted by atomic mass is 79.9. The average molecular weight is 427 g/mol. The van der Waals surface area contributed by atoms with Gasteiger partial charge in [0, 0.05) is 23.1 Å². The molecule has 0 aliphatic rings. The zero-order valence-corrected chi connectivity index (χ0v) is 16.2. The minimum absolute atomic E-state index is 0.0954. The average Bonchev–Trinajstić information content (AvgIpc) is 2.97. The van der Waals surface area contributed by atoms with Crippen molar-refractivity contribution in [1.29, 1.82) is 0 Å². The molecule has 7 nitrogen and oxygen atoms in total. The van der Waals surface area contributed by atoms with Crippen LogP contribution in [0.25, 0.3) is 0 Å². The number of hydrogen-bond acceptors (Lipinski definition) is 6. The fraction of sp³-hybridized carbons (Fsp3) is 0.375. The van der Waals surface area contributed by atoms with Crippen molar-refractivity contribution in [2.75, 3.05) is 23.4 Å². The second-order valence-electron chi connectivity index (χ2n) is 5.24. The van der Waals surface area contributed by atoms with Gasteiger partial charge in [-0.2, -0.15) is 4.98 Å². The number of amides is 2. The first-order valence-corrected chi connectivity index (χ1v) is 9.67. The first kappa shape index (κ1) is 19.5. The van der Waals surface area contributed by atoms with Gasteiger partial charge >= 0.3 is 0 Å². The van der Waals surface area contributed by atoms with Crippen LogP contribution < -0.4 is 10.6 Å². The molecule has 0 aliphatic carbocycles. The summed E-state index contributed by atoms with van der Waals surface area (Å²) in [7, 11) is 0. The van der Waals surface area contributed by atoms with E-state index in [4.69, 9.17) is 4.52 Å². The molecule has 0 bridgehead atoms. The van der Waals surface area contributed by atoms with Crippen molar-refractivity contribution < 1.29 is 14.1 Å². The van der Waals surface area contributed by atoms with Gasteiger partial charge in [0.15, 0.2) is 5.82 Å². The summed E-state index contributed by atoms with van der Waals surface area (Å²) in [5.74, 6) is 1.42. The van der Waals surface area contributed by atoms with E-state index < -0.39 is 0 Å². The molecule has 0 saturated carbocycles. The van der Waals surface area contributed by atoms with Gasteiger partial charge in [-0.05, 0) is 31.5 Å².